The SMILES string of the molecule is COc1ccccc1N(CC(=O)N(Cc1ccc(Cl)cc1)[C@@H](C)C(=O)NC1CCCC1)S(C)(=O)=O. The van der Waals surface area contributed by atoms with E-state index in [1.807, 2.05) is 0 Å². The van der Waals surface area contributed by atoms with E-state index in [2.05, 4.69) is 5.32 Å². The predicted molar refractivity (Wildman–Crippen MR) is 137 cm³/mol. The first-order chi connectivity index (χ1) is 16.6. The lowest BCUT2D eigenvalue weighted by molar-refractivity contribution is -0.139. The van der Waals surface area contributed by atoms with Crippen LogP contribution in [-0.4, -0.2) is 57.1 Å². The summed E-state index contributed by atoms with van der Waals surface area (Å²) in [6, 6.07) is 12.8. The number of methoxy groups -OCH3 is 1. The molecule has 1 aliphatic rings. The Hall–Kier alpha value is -2.78. The van der Waals surface area contributed by atoms with Gasteiger partial charge in [0.15, 0.2) is 0 Å². The second-order valence-corrected chi connectivity index (χ2v) is 11.1. The molecule has 2 aromatic rings. The fourth-order valence-electron chi connectivity index (χ4n) is 4.19. The Morgan fingerprint density at radius 1 is 1.11 bits per heavy atom. The summed E-state index contributed by atoms with van der Waals surface area (Å²) in [6.07, 6.45) is 4.99. The minimum Gasteiger partial charge on any atom is -0.495 e. The summed E-state index contributed by atoms with van der Waals surface area (Å²) in [5.41, 5.74) is 1.02. The fourth-order valence-corrected chi connectivity index (χ4v) is 5.17. The van der Waals surface area contributed by atoms with E-state index in [4.69, 9.17) is 16.3 Å². The van der Waals surface area contributed by atoms with Gasteiger partial charge < -0.3 is 15.0 Å². The first kappa shape index (κ1) is 26.8. The maximum atomic E-state index is 13.6. The topological polar surface area (TPSA) is 96.0 Å². The minimum atomic E-state index is -3.83. The summed E-state index contributed by atoms with van der Waals surface area (Å²) in [5.74, 6) is -0.449. The molecule has 0 heterocycles. The highest BCUT2D eigenvalue weighted by molar-refractivity contribution is 7.92. The number of rotatable bonds is 10. The Balaban J connectivity index is 1.89. The summed E-state index contributed by atoms with van der Waals surface area (Å²) in [5, 5.41) is 3.59. The molecule has 1 aliphatic carbocycles. The zero-order valence-corrected chi connectivity index (χ0v) is 21.8. The lowest BCUT2D eigenvalue weighted by atomic mass is 10.1. The fraction of sp³-hybridized carbons (Fsp3) is 0.440. The van der Waals surface area contributed by atoms with E-state index < -0.39 is 28.5 Å². The zero-order valence-electron chi connectivity index (χ0n) is 20.2. The van der Waals surface area contributed by atoms with Gasteiger partial charge in [0.25, 0.3) is 0 Å². The van der Waals surface area contributed by atoms with Crippen LogP contribution in [0.2, 0.25) is 5.02 Å². The Morgan fingerprint density at radius 2 is 1.74 bits per heavy atom. The van der Waals surface area contributed by atoms with Crippen molar-refractivity contribution in [2.45, 2.75) is 51.2 Å². The Labute approximate surface area is 212 Å². The molecule has 1 atom stereocenters. The van der Waals surface area contributed by atoms with Crippen molar-refractivity contribution in [3.63, 3.8) is 0 Å². The van der Waals surface area contributed by atoms with Crippen molar-refractivity contribution in [3.05, 3.63) is 59.1 Å². The first-order valence-electron chi connectivity index (χ1n) is 11.5. The van der Waals surface area contributed by atoms with Crippen molar-refractivity contribution < 1.29 is 22.7 Å². The Bertz CT molecular complexity index is 1130. The number of hydrogen-bond acceptors (Lipinski definition) is 5. The van der Waals surface area contributed by atoms with Crippen LogP contribution < -0.4 is 14.4 Å². The molecule has 0 aromatic heterocycles. The molecule has 3 rings (SSSR count). The second kappa shape index (κ2) is 11.8. The second-order valence-electron chi connectivity index (χ2n) is 8.76. The number of hydrogen-bond donors (Lipinski definition) is 1. The van der Waals surface area contributed by atoms with Gasteiger partial charge in [-0.05, 0) is 49.6 Å². The van der Waals surface area contributed by atoms with Gasteiger partial charge in [-0.2, -0.15) is 0 Å². The van der Waals surface area contributed by atoms with E-state index in [-0.39, 0.29) is 24.2 Å². The number of halogens is 1. The van der Waals surface area contributed by atoms with Crippen LogP contribution in [0.1, 0.15) is 38.2 Å². The molecule has 0 radical (unpaired) electrons. The molecule has 0 unspecified atom stereocenters. The molecule has 35 heavy (non-hydrogen) atoms. The van der Waals surface area contributed by atoms with Crippen molar-refractivity contribution in [2.24, 2.45) is 0 Å². The molecule has 8 nitrogen and oxygen atoms in total. The van der Waals surface area contributed by atoms with E-state index in [0.29, 0.717) is 10.8 Å². The highest BCUT2D eigenvalue weighted by Crippen LogP contribution is 2.29. The van der Waals surface area contributed by atoms with Crippen LogP contribution in [0.25, 0.3) is 0 Å². The number of carbonyl (C=O) groups is 2. The molecule has 0 aliphatic heterocycles. The third kappa shape index (κ3) is 7.11. The number of anilines is 1. The lowest BCUT2D eigenvalue weighted by Crippen LogP contribution is -2.52. The average molecular weight is 522 g/mol. The van der Waals surface area contributed by atoms with Gasteiger partial charge in [-0.15, -0.1) is 0 Å². The lowest BCUT2D eigenvalue weighted by Gasteiger charge is -2.32. The van der Waals surface area contributed by atoms with Crippen LogP contribution in [0.15, 0.2) is 48.5 Å². The monoisotopic (exact) mass is 521 g/mol. The number of sulfonamides is 1. The molecule has 1 saturated carbocycles. The maximum Gasteiger partial charge on any atom is 0.244 e. The minimum absolute atomic E-state index is 0.0959. The van der Waals surface area contributed by atoms with Crippen LogP contribution in [0.4, 0.5) is 5.69 Å². The van der Waals surface area contributed by atoms with Gasteiger partial charge in [0.05, 0.1) is 19.1 Å². The van der Waals surface area contributed by atoms with Crippen molar-refractivity contribution >= 4 is 39.1 Å². The van der Waals surface area contributed by atoms with Crippen LogP contribution >= 0.6 is 11.6 Å². The van der Waals surface area contributed by atoms with E-state index >= 15 is 0 Å². The summed E-state index contributed by atoms with van der Waals surface area (Å²) in [6.45, 7) is 1.30. The molecule has 0 bridgehead atoms. The number of nitrogens with zero attached hydrogens (tertiary/aromatic N) is 2. The van der Waals surface area contributed by atoms with E-state index in [9.17, 15) is 18.0 Å². The molecule has 2 aromatic carbocycles. The van der Waals surface area contributed by atoms with Gasteiger partial charge in [-0.1, -0.05) is 48.7 Å². The summed E-state index contributed by atoms with van der Waals surface area (Å²) < 4.78 is 31.7. The third-order valence-corrected chi connectivity index (χ3v) is 7.55. The number of nitrogens with one attached hydrogen (secondary N) is 1. The van der Waals surface area contributed by atoms with E-state index in [0.717, 1.165) is 41.8 Å². The Kier molecular flexibility index (Phi) is 9.02. The molecule has 190 valence electrons. The van der Waals surface area contributed by atoms with Gasteiger partial charge in [-0.25, -0.2) is 8.42 Å². The smallest absolute Gasteiger partial charge is 0.244 e. The van der Waals surface area contributed by atoms with E-state index in [1.54, 1.807) is 55.5 Å². The molecule has 0 saturated heterocycles. The standard InChI is InChI=1S/C25H32ClN3O5S/c1-18(25(31)27-21-8-4-5-9-21)28(16-19-12-14-20(26)15-13-19)24(30)17-29(35(3,32)33)22-10-6-7-11-23(22)34-2/h6-7,10-15,18,21H,4-5,8-9,16-17H2,1-3H3,(H,27,31)/t18-/m0/s1. The average Bonchev–Trinajstić information content (AvgIpc) is 3.34. The number of carbonyl (C=O) groups excluding carboxylic acids is 2. The maximum absolute atomic E-state index is 13.6. The van der Waals surface area contributed by atoms with Crippen molar-refractivity contribution in [1.29, 1.82) is 0 Å². The third-order valence-electron chi connectivity index (χ3n) is 6.17. The van der Waals surface area contributed by atoms with Crippen molar-refractivity contribution in [2.75, 3.05) is 24.2 Å². The number of ether oxygens (including phenoxy) is 1. The number of benzene rings is 2. The summed E-state index contributed by atoms with van der Waals surface area (Å²) in [4.78, 5) is 28.1. The quantitative estimate of drug-likeness (QED) is 0.515. The molecule has 1 N–H and O–H groups in total. The number of amides is 2. The normalized spacial score (nSPS) is 14.9. The van der Waals surface area contributed by atoms with Crippen LogP contribution in [0.3, 0.4) is 0 Å². The molecule has 2 amide bonds. The van der Waals surface area contributed by atoms with Crippen LogP contribution in [-0.2, 0) is 26.2 Å². The largest absolute Gasteiger partial charge is 0.495 e. The zero-order chi connectivity index (χ0) is 25.6. The van der Waals surface area contributed by atoms with Gasteiger partial charge >= 0.3 is 0 Å². The van der Waals surface area contributed by atoms with Crippen LogP contribution in [0, 0.1) is 0 Å². The predicted octanol–water partition coefficient (Wildman–Crippen LogP) is 3.59. The molecular formula is C25H32ClN3O5S. The van der Waals surface area contributed by atoms with Gasteiger partial charge in [-0.3, -0.25) is 13.9 Å². The summed E-state index contributed by atoms with van der Waals surface area (Å²) >= 11 is 6.00. The van der Waals surface area contributed by atoms with Gasteiger partial charge in [0.2, 0.25) is 21.8 Å². The van der Waals surface area contributed by atoms with Gasteiger partial charge in [0.1, 0.15) is 18.3 Å². The number of para-hydroxylation sites is 2. The molecule has 10 heteroatoms. The van der Waals surface area contributed by atoms with Crippen molar-refractivity contribution in [3.8, 4) is 5.75 Å². The summed E-state index contributed by atoms with van der Waals surface area (Å²) in [7, 11) is -2.40. The molecular weight excluding hydrogens is 490 g/mol. The molecule has 1 fully saturated rings. The van der Waals surface area contributed by atoms with Crippen LogP contribution in [0.5, 0.6) is 5.75 Å². The van der Waals surface area contributed by atoms with Crippen molar-refractivity contribution in [1.82, 2.24) is 10.2 Å². The Morgan fingerprint density at radius 3 is 2.34 bits per heavy atom. The highest BCUT2D eigenvalue weighted by atomic mass is 35.5. The van der Waals surface area contributed by atoms with Gasteiger partial charge in [0, 0.05) is 17.6 Å². The molecule has 0 spiro atoms. The van der Waals surface area contributed by atoms with E-state index in [1.165, 1.54) is 12.0 Å². The highest BCUT2D eigenvalue weighted by Gasteiger charge is 2.32. The first-order valence-corrected chi connectivity index (χ1v) is 13.8.